The van der Waals surface area contributed by atoms with E-state index in [0.29, 0.717) is 5.69 Å². The van der Waals surface area contributed by atoms with Crippen LogP contribution in [0.2, 0.25) is 0 Å². The summed E-state index contributed by atoms with van der Waals surface area (Å²) >= 11 is 1.74. The molecule has 1 unspecified atom stereocenters. The second-order valence-electron chi connectivity index (χ2n) is 6.93. The number of rotatable bonds is 9. The van der Waals surface area contributed by atoms with Gasteiger partial charge in [0.15, 0.2) is 0 Å². The van der Waals surface area contributed by atoms with Crippen LogP contribution in [0.1, 0.15) is 30.8 Å². The first-order chi connectivity index (χ1) is 14.4. The number of nitrogens with zero attached hydrogens (tertiary/aromatic N) is 2. The lowest BCUT2D eigenvalue weighted by Gasteiger charge is -2.28. The van der Waals surface area contributed by atoms with E-state index in [1.807, 2.05) is 42.5 Å². The third-order valence-electron chi connectivity index (χ3n) is 4.99. The van der Waals surface area contributed by atoms with Crippen LogP contribution in [0.15, 0.2) is 48.5 Å². The monoisotopic (exact) mass is 425 g/mol. The normalized spacial score (nSPS) is 12.3. The van der Waals surface area contributed by atoms with E-state index in [4.69, 9.17) is 5.11 Å². The highest BCUT2D eigenvalue weighted by Crippen LogP contribution is 2.23. The quantitative estimate of drug-likeness (QED) is 0.504. The zero-order valence-electron chi connectivity index (χ0n) is 17.0. The molecule has 2 N–H and O–H groups in total. The summed E-state index contributed by atoms with van der Waals surface area (Å²) in [5.74, 6) is -1.94. The van der Waals surface area contributed by atoms with Gasteiger partial charge in [0.2, 0.25) is 5.52 Å². The first kappa shape index (κ1) is 21.5. The van der Waals surface area contributed by atoms with E-state index in [-0.39, 0.29) is 13.0 Å². The van der Waals surface area contributed by atoms with E-state index >= 15 is 0 Å². The van der Waals surface area contributed by atoms with E-state index < -0.39 is 18.0 Å². The third-order valence-corrected chi connectivity index (χ3v) is 6.12. The van der Waals surface area contributed by atoms with Crippen LogP contribution in [0.3, 0.4) is 0 Å². The molecule has 0 aliphatic carbocycles. The van der Waals surface area contributed by atoms with Crippen LogP contribution in [-0.2, 0) is 16.1 Å². The van der Waals surface area contributed by atoms with Crippen molar-refractivity contribution in [1.29, 1.82) is 0 Å². The molecule has 3 rings (SSSR count). The summed E-state index contributed by atoms with van der Waals surface area (Å²) in [5, 5.41) is 19.5. The predicted molar refractivity (Wildman–Crippen MR) is 120 cm³/mol. The summed E-state index contributed by atoms with van der Waals surface area (Å²) in [6, 6.07) is 15.0. The van der Waals surface area contributed by atoms with Crippen molar-refractivity contribution in [1.82, 2.24) is 0 Å². The number of carbonyl (C=O) groups is 2. The summed E-state index contributed by atoms with van der Waals surface area (Å²) in [4.78, 5) is 24.0. The Morgan fingerprint density at radius 2 is 1.80 bits per heavy atom. The first-order valence-corrected chi connectivity index (χ1v) is 10.6. The van der Waals surface area contributed by atoms with Crippen molar-refractivity contribution in [2.75, 3.05) is 11.4 Å². The third kappa shape index (κ3) is 4.86. The fraction of sp³-hybridized carbons (Fsp3) is 0.261. The Kier molecular flexibility index (Phi) is 6.84. The van der Waals surface area contributed by atoms with Gasteiger partial charge < -0.3 is 15.1 Å². The molecule has 7 heteroatoms. The molecular weight excluding hydrogens is 400 g/mol. The lowest BCUT2D eigenvalue weighted by atomic mass is 10.1. The molecule has 1 atom stereocenters. The maximum Gasteiger partial charge on any atom is 0.326 e. The van der Waals surface area contributed by atoms with Crippen LogP contribution in [-0.4, -0.2) is 34.7 Å². The van der Waals surface area contributed by atoms with Gasteiger partial charge in [-0.05, 0) is 43.7 Å². The Labute approximate surface area is 179 Å². The topological polar surface area (TPSA) is 81.7 Å². The highest BCUT2D eigenvalue weighted by atomic mass is 32.1. The van der Waals surface area contributed by atoms with Crippen molar-refractivity contribution in [2.45, 2.75) is 32.9 Å². The van der Waals surface area contributed by atoms with E-state index in [1.54, 1.807) is 23.2 Å². The summed E-state index contributed by atoms with van der Waals surface area (Å²) in [5.41, 5.74) is 2.89. The molecule has 1 aromatic heterocycles. The predicted octanol–water partition coefficient (Wildman–Crippen LogP) is 4.13. The van der Waals surface area contributed by atoms with Crippen molar-refractivity contribution in [3.8, 4) is 0 Å². The molecule has 2 aromatic carbocycles. The van der Waals surface area contributed by atoms with Crippen LogP contribution < -0.4 is 9.47 Å². The number of benzene rings is 2. The van der Waals surface area contributed by atoms with E-state index in [9.17, 15) is 14.7 Å². The van der Waals surface area contributed by atoms with Gasteiger partial charge in [0, 0.05) is 24.4 Å². The second-order valence-corrected chi connectivity index (χ2v) is 7.99. The molecule has 3 aromatic rings. The smallest absolute Gasteiger partial charge is 0.326 e. The fourth-order valence-electron chi connectivity index (χ4n) is 3.34. The van der Waals surface area contributed by atoms with E-state index in [1.165, 1.54) is 10.2 Å². The number of thiazole rings is 1. The van der Waals surface area contributed by atoms with Crippen molar-refractivity contribution in [3.63, 3.8) is 0 Å². The van der Waals surface area contributed by atoms with Crippen LogP contribution in [0.25, 0.3) is 22.4 Å². The Hall–Kier alpha value is -3.19. The molecular formula is C23H25N2O4S+. The lowest BCUT2D eigenvalue weighted by molar-refractivity contribution is -0.665. The lowest BCUT2D eigenvalue weighted by Crippen LogP contribution is -2.40. The number of fused-ring (bicyclic) bond motifs is 1. The van der Waals surface area contributed by atoms with Crippen molar-refractivity contribution in [2.24, 2.45) is 0 Å². The molecule has 0 aliphatic heterocycles. The Balaban J connectivity index is 1.82. The molecule has 0 saturated heterocycles. The molecule has 1 heterocycles. The van der Waals surface area contributed by atoms with Crippen molar-refractivity contribution >= 4 is 51.3 Å². The maximum absolute atomic E-state index is 11.4. The van der Waals surface area contributed by atoms with Crippen LogP contribution in [0, 0.1) is 0 Å². The Morgan fingerprint density at radius 1 is 1.10 bits per heavy atom. The number of aromatic nitrogens is 1. The number of carboxylic acid groups (broad SMARTS) is 2. The number of aryl methyl sites for hydroxylation is 1. The Morgan fingerprint density at radius 3 is 2.43 bits per heavy atom. The SMILES string of the molecule is CC[n+]1c(C=Cc2ccc(N(CCC(=O)O)C(C)C(=O)O)cc2)sc2ccccc21. The first-order valence-electron chi connectivity index (χ1n) is 9.81. The van der Waals surface area contributed by atoms with Gasteiger partial charge in [-0.25, -0.2) is 4.79 Å². The maximum atomic E-state index is 11.4. The molecule has 0 aliphatic rings. The molecule has 0 bridgehead atoms. The van der Waals surface area contributed by atoms with Gasteiger partial charge in [-0.2, -0.15) is 4.57 Å². The van der Waals surface area contributed by atoms with Gasteiger partial charge >= 0.3 is 11.9 Å². The van der Waals surface area contributed by atoms with Gasteiger partial charge in [-0.3, -0.25) is 4.79 Å². The highest BCUT2D eigenvalue weighted by Gasteiger charge is 2.21. The van der Waals surface area contributed by atoms with Gasteiger partial charge in [0.05, 0.1) is 6.42 Å². The average molecular weight is 426 g/mol. The van der Waals surface area contributed by atoms with Crippen molar-refractivity contribution in [3.05, 3.63) is 59.1 Å². The molecule has 156 valence electrons. The average Bonchev–Trinajstić information content (AvgIpc) is 3.10. The molecule has 0 spiro atoms. The summed E-state index contributed by atoms with van der Waals surface area (Å²) in [7, 11) is 0. The summed E-state index contributed by atoms with van der Waals surface area (Å²) < 4.78 is 3.51. The Bertz CT molecular complexity index is 1070. The zero-order valence-corrected chi connectivity index (χ0v) is 17.8. The van der Waals surface area contributed by atoms with E-state index in [2.05, 4.69) is 29.7 Å². The second kappa shape index (κ2) is 9.54. The van der Waals surface area contributed by atoms with Gasteiger partial charge in [-0.15, -0.1) is 0 Å². The van der Waals surface area contributed by atoms with Crippen LogP contribution in [0.4, 0.5) is 5.69 Å². The molecule has 0 amide bonds. The number of hydrogen-bond acceptors (Lipinski definition) is 4. The number of aliphatic carboxylic acids is 2. The number of hydrogen-bond donors (Lipinski definition) is 2. The minimum absolute atomic E-state index is 0.123. The molecule has 6 nitrogen and oxygen atoms in total. The van der Waals surface area contributed by atoms with Crippen LogP contribution >= 0.6 is 11.3 Å². The van der Waals surface area contributed by atoms with Gasteiger partial charge in [-0.1, -0.05) is 35.6 Å². The largest absolute Gasteiger partial charge is 0.481 e. The summed E-state index contributed by atoms with van der Waals surface area (Å²) in [6.45, 7) is 4.70. The zero-order chi connectivity index (χ0) is 21.7. The van der Waals surface area contributed by atoms with E-state index in [0.717, 1.165) is 17.1 Å². The van der Waals surface area contributed by atoms with Gasteiger partial charge in [0.1, 0.15) is 17.3 Å². The van der Waals surface area contributed by atoms with Gasteiger partial charge in [0.25, 0.3) is 5.01 Å². The van der Waals surface area contributed by atoms with Crippen molar-refractivity contribution < 1.29 is 24.4 Å². The standard InChI is InChI=1S/C23H24N2O4S/c1-3-24-19-6-4-5-7-20(19)30-21(24)13-10-17-8-11-18(12-9-17)25(15-14-22(26)27)16(2)23(28)29/h4-13,16H,3,14-15H2,1-2H3,(H-,26,27,28,29)/p+1. The number of carboxylic acids is 2. The molecule has 0 radical (unpaired) electrons. The minimum atomic E-state index is -0.988. The highest BCUT2D eigenvalue weighted by molar-refractivity contribution is 7.18. The minimum Gasteiger partial charge on any atom is -0.481 e. The number of para-hydroxylation sites is 1. The summed E-state index contributed by atoms with van der Waals surface area (Å²) in [6.07, 6.45) is 4.00. The molecule has 0 saturated carbocycles. The molecule has 0 fully saturated rings. The fourth-order valence-corrected chi connectivity index (χ4v) is 4.47. The van der Waals surface area contributed by atoms with Crippen LogP contribution in [0.5, 0.6) is 0 Å². The number of anilines is 1. The molecule has 30 heavy (non-hydrogen) atoms.